The lowest BCUT2D eigenvalue weighted by atomic mass is 10.1. The topological polar surface area (TPSA) is 13.1 Å². The number of nitrogens with zero attached hydrogens (tertiary/aromatic N) is 1. The third-order valence-corrected chi connectivity index (χ3v) is 2.66. The van der Waals surface area contributed by atoms with Gasteiger partial charge in [-0.25, -0.2) is 4.57 Å². The third-order valence-electron chi connectivity index (χ3n) is 2.66. The number of ether oxygens (including phenoxy) is 1. The maximum absolute atomic E-state index is 5.19. The Labute approximate surface area is 107 Å². The molecule has 0 aliphatic rings. The molecule has 2 aromatic rings. The van der Waals surface area contributed by atoms with E-state index < -0.39 is 0 Å². The first kappa shape index (κ1) is 12.2. The Morgan fingerprint density at radius 3 is 2.60 bits per heavy atom. The van der Waals surface area contributed by atoms with Crippen LogP contribution >= 0.6 is 0 Å². The van der Waals surface area contributed by atoms with E-state index in [0.29, 0.717) is 0 Å². The maximum Gasteiger partial charge on any atom is 0.185 e. The second-order valence-electron chi connectivity index (χ2n) is 3.47. The Hall–Kier alpha value is -0.840. The van der Waals surface area contributed by atoms with E-state index >= 15 is 0 Å². The van der Waals surface area contributed by atoms with Gasteiger partial charge in [0.15, 0.2) is 11.9 Å². The fourth-order valence-corrected chi connectivity index (χ4v) is 1.63. The average Bonchev–Trinajstić information content (AvgIpc) is 2.23. The number of rotatable bonds is 1. The van der Waals surface area contributed by atoms with Crippen molar-refractivity contribution in [3.8, 4) is 5.75 Å². The van der Waals surface area contributed by atoms with Crippen LogP contribution in [-0.4, -0.2) is 7.11 Å². The Balaban J connectivity index is 0.00000112. The van der Waals surface area contributed by atoms with E-state index in [1.54, 1.807) is 7.11 Å². The summed E-state index contributed by atoms with van der Waals surface area (Å²) >= 11 is 0. The standard InChI is InChI=1S/C12H14NO.HI/c1-9-12-5-4-11(14-3)8-10(12)6-7-13(9)2;/h4-8H,1-3H3;1H/q+1;/p-1. The second kappa shape index (κ2) is 4.79. The monoisotopic (exact) mass is 315 g/mol. The summed E-state index contributed by atoms with van der Waals surface area (Å²) in [5.41, 5.74) is 1.27. The SMILES string of the molecule is COc1ccc2c(C)[n+](C)ccc2c1.[I-]. The second-order valence-corrected chi connectivity index (χ2v) is 3.47. The molecule has 0 aliphatic carbocycles. The average molecular weight is 315 g/mol. The van der Waals surface area contributed by atoms with Gasteiger partial charge in [-0.05, 0) is 23.6 Å². The predicted molar refractivity (Wildman–Crippen MR) is 56.4 cm³/mol. The fourth-order valence-electron chi connectivity index (χ4n) is 1.63. The minimum Gasteiger partial charge on any atom is -1.00 e. The van der Waals surface area contributed by atoms with Crippen LogP contribution in [0.4, 0.5) is 0 Å². The van der Waals surface area contributed by atoms with E-state index in [1.165, 1.54) is 16.5 Å². The smallest absolute Gasteiger partial charge is 0.185 e. The molecule has 0 radical (unpaired) electrons. The van der Waals surface area contributed by atoms with Crippen LogP contribution in [0.15, 0.2) is 30.5 Å². The van der Waals surface area contributed by atoms with Crippen molar-refractivity contribution in [3.05, 3.63) is 36.2 Å². The Morgan fingerprint density at radius 1 is 1.20 bits per heavy atom. The number of halogens is 1. The normalized spacial score (nSPS) is 9.80. The Bertz CT molecular complexity index is 482. The summed E-state index contributed by atoms with van der Waals surface area (Å²) in [5.74, 6) is 0.908. The van der Waals surface area contributed by atoms with Crippen LogP contribution in [0, 0.1) is 6.92 Å². The number of aromatic nitrogens is 1. The summed E-state index contributed by atoms with van der Waals surface area (Å²) in [6.45, 7) is 2.12. The highest BCUT2D eigenvalue weighted by molar-refractivity contribution is 5.84. The van der Waals surface area contributed by atoms with Crippen LogP contribution in [0.5, 0.6) is 5.75 Å². The van der Waals surface area contributed by atoms with Gasteiger partial charge in [0, 0.05) is 18.4 Å². The first-order valence-corrected chi connectivity index (χ1v) is 4.65. The van der Waals surface area contributed by atoms with E-state index in [9.17, 15) is 0 Å². The number of hydrogen-bond acceptors (Lipinski definition) is 1. The van der Waals surface area contributed by atoms with E-state index in [2.05, 4.69) is 42.9 Å². The van der Waals surface area contributed by atoms with Gasteiger partial charge in [-0.1, -0.05) is 0 Å². The molecule has 2 nitrogen and oxygen atoms in total. The number of hydrogen-bond donors (Lipinski definition) is 0. The zero-order chi connectivity index (χ0) is 10.1. The molecule has 1 aromatic heterocycles. The molecule has 1 heterocycles. The largest absolute Gasteiger partial charge is 1.00 e. The summed E-state index contributed by atoms with van der Waals surface area (Å²) in [5, 5.41) is 2.50. The summed E-state index contributed by atoms with van der Waals surface area (Å²) in [6, 6.07) is 8.26. The van der Waals surface area contributed by atoms with E-state index in [4.69, 9.17) is 4.74 Å². The van der Waals surface area contributed by atoms with Crippen molar-refractivity contribution in [1.82, 2.24) is 0 Å². The molecule has 0 bridgehead atoms. The molecule has 3 heteroatoms. The van der Waals surface area contributed by atoms with Gasteiger partial charge in [0.1, 0.15) is 12.8 Å². The van der Waals surface area contributed by atoms with Crippen LogP contribution in [0.3, 0.4) is 0 Å². The van der Waals surface area contributed by atoms with Crippen LogP contribution in [-0.2, 0) is 7.05 Å². The van der Waals surface area contributed by atoms with Crippen LogP contribution < -0.4 is 33.3 Å². The number of pyridine rings is 1. The fraction of sp³-hybridized carbons (Fsp3) is 0.250. The highest BCUT2D eigenvalue weighted by Gasteiger charge is 2.06. The van der Waals surface area contributed by atoms with E-state index in [0.717, 1.165) is 5.75 Å². The molecule has 0 amide bonds. The minimum absolute atomic E-state index is 0. The first-order chi connectivity index (χ1) is 6.72. The van der Waals surface area contributed by atoms with Gasteiger partial charge in [0.25, 0.3) is 0 Å². The zero-order valence-electron chi connectivity index (χ0n) is 9.12. The Kier molecular flexibility index (Phi) is 3.90. The van der Waals surface area contributed by atoms with Crippen LogP contribution in [0.2, 0.25) is 0 Å². The van der Waals surface area contributed by atoms with Crippen molar-refractivity contribution in [2.75, 3.05) is 7.11 Å². The van der Waals surface area contributed by atoms with Gasteiger partial charge < -0.3 is 28.7 Å². The number of benzene rings is 1. The van der Waals surface area contributed by atoms with Gasteiger partial charge in [-0.2, -0.15) is 0 Å². The molecule has 1 aromatic carbocycles. The maximum atomic E-state index is 5.19. The molecule has 0 unspecified atom stereocenters. The van der Waals surface area contributed by atoms with Crippen LogP contribution in [0.1, 0.15) is 5.69 Å². The quantitative estimate of drug-likeness (QED) is 0.485. The first-order valence-electron chi connectivity index (χ1n) is 4.65. The predicted octanol–water partition coefficient (Wildman–Crippen LogP) is -1.01. The minimum atomic E-state index is 0. The number of aryl methyl sites for hydroxylation is 2. The molecule has 2 rings (SSSR count). The summed E-state index contributed by atoms with van der Waals surface area (Å²) in [7, 11) is 3.75. The third kappa shape index (κ3) is 2.22. The van der Waals surface area contributed by atoms with Crippen molar-refractivity contribution in [2.45, 2.75) is 6.92 Å². The molecular formula is C12H14INO. The highest BCUT2D eigenvalue weighted by atomic mass is 127. The Morgan fingerprint density at radius 2 is 1.93 bits per heavy atom. The summed E-state index contributed by atoms with van der Waals surface area (Å²) in [6.07, 6.45) is 2.07. The van der Waals surface area contributed by atoms with E-state index in [-0.39, 0.29) is 24.0 Å². The molecule has 15 heavy (non-hydrogen) atoms. The van der Waals surface area contributed by atoms with Gasteiger partial charge in [0.05, 0.1) is 7.11 Å². The molecule has 0 spiro atoms. The van der Waals surface area contributed by atoms with Gasteiger partial charge in [0.2, 0.25) is 0 Å². The molecule has 0 saturated carbocycles. The lowest BCUT2D eigenvalue weighted by Gasteiger charge is -2.03. The molecule has 80 valence electrons. The van der Waals surface area contributed by atoms with Crippen molar-refractivity contribution in [3.63, 3.8) is 0 Å². The van der Waals surface area contributed by atoms with Gasteiger partial charge >= 0.3 is 0 Å². The van der Waals surface area contributed by atoms with Crippen molar-refractivity contribution in [1.29, 1.82) is 0 Å². The molecule has 0 atom stereocenters. The van der Waals surface area contributed by atoms with Crippen molar-refractivity contribution < 1.29 is 33.3 Å². The van der Waals surface area contributed by atoms with Crippen LogP contribution in [0.25, 0.3) is 10.8 Å². The van der Waals surface area contributed by atoms with Gasteiger partial charge in [-0.15, -0.1) is 0 Å². The molecule has 0 saturated heterocycles. The molecule has 0 aliphatic heterocycles. The van der Waals surface area contributed by atoms with E-state index in [1.807, 2.05) is 6.07 Å². The summed E-state index contributed by atoms with van der Waals surface area (Å²) < 4.78 is 7.31. The van der Waals surface area contributed by atoms with Crippen molar-refractivity contribution >= 4 is 10.8 Å². The lowest BCUT2D eigenvalue weighted by molar-refractivity contribution is -0.676. The zero-order valence-corrected chi connectivity index (χ0v) is 11.3. The number of methoxy groups -OCH3 is 1. The van der Waals surface area contributed by atoms with Crippen molar-refractivity contribution in [2.24, 2.45) is 7.05 Å². The number of fused-ring (bicyclic) bond motifs is 1. The molecule has 0 fully saturated rings. The lowest BCUT2D eigenvalue weighted by Crippen LogP contribution is -3.00. The molecule has 0 N–H and O–H groups in total. The molecular weight excluding hydrogens is 301 g/mol. The highest BCUT2D eigenvalue weighted by Crippen LogP contribution is 2.20. The van der Waals surface area contributed by atoms with Gasteiger partial charge in [-0.3, -0.25) is 0 Å². The summed E-state index contributed by atoms with van der Waals surface area (Å²) in [4.78, 5) is 0.